The summed E-state index contributed by atoms with van der Waals surface area (Å²) in [7, 11) is 0. The molecule has 0 fully saturated rings. The maximum atomic E-state index is 11.8. The number of nitrogens with zero attached hydrogens (tertiary/aromatic N) is 1. The van der Waals surface area contributed by atoms with Crippen molar-refractivity contribution in [3.63, 3.8) is 0 Å². The molecule has 1 amide bonds. The third-order valence-corrected chi connectivity index (χ3v) is 2.51. The number of aromatic nitrogens is 1. The first kappa shape index (κ1) is 13.8. The van der Waals surface area contributed by atoms with Gasteiger partial charge in [-0.15, -0.1) is 0 Å². The molecule has 0 aromatic carbocycles. The van der Waals surface area contributed by atoms with Crippen LogP contribution >= 0.6 is 0 Å². The van der Waals surface area contributed by atoms with Crippen LogP contribution in [0.25, 0.3) is 0 Å². The Morgan fingerprint density at radius 1 is 1.44 bits per heavy atom. The molecule has 98 valence electrons. The fourth-order valence-corrected chi connectivity index (χ4v) is 1.64. The second kappa shape index (κ2) is 5.35. The maximum Gasteiger partial charge on any atom is 0.345 e. The molecule has 0 aliphatic carbocycles. The van der Waals surface area contributed by atoms with E-state index < -0.39 is 28.7 Å². The molecule has 1 aromatic rings. The summed E-state index contributed by atoms with van der Waals surface area (Å²) >= 11 is 0. The molecule has 7 nitrogen and oxygen atoms in total. The Labute approximate surface area is 102 Å². The number of amides is 1. The number of nitrogens with two attached hydrogens (primary N) is 1. The van der Waals surface area contributed by atoms with Crippen LogP contribution in [0.5, 0.6) is 5.75 Å². The standard InChI is InChI=1S/C11H14N2O5/c1-6-5-7(14)9(11(17)18)10(16)13(6)4-2-3-8(12)15/h5,14H,2-4H2,1H3,(H2,12,15)(H,17,18). The highest BCUT2D eigenvalue weighted by atomic mass is 16.4. The lowest BCUT2D eigenvalue weighted by Gasteiger charge is -2.11. The van der Waals surface area contributed by atoms with Crippen LogP contribution in [0.15, 0.2) is 10.9 Å². The van der Waals surface area contributed by atoms with Crippen molar-refractivity contribution >= 4 is 11.9 Å². The molecule has 7 heteroatoms. The van der Waals surface area contributed by atoms with Gasteiger partial charge in [-0.1, -0.05) is 0 Å². The average molecular weight is 254 g/mol. The summed E-state index contributed by atoms with van der Waals surface area (Å²) in [6, 6.07) is 1.20. The van der Waals surface area contributed by atoms with Crippen LogP contribution < -0.4 is 11.3 Å². The van der Waals surface area contributed by atoms with Gasteiger partial charge in [0.05, 0.1) is 0 Å². The maximum absolute atomic E-state index is 11.8. The van der Waals surface area contributed by atoms with E-state index in [1.807, 2.05) is 0 Å². The Kier molecular flexibility index (Phi) is 4.09. The van der Waals surface area contributed by atoms with E-state index in [0.717, 1.165) is 0 Å². The van der Waals surface area contributed by atoms with Crippen LogP contribution in [0, 0.1) is 6.92 Å². The lowest BCUT2D eigenvalue weighted by atomic mass is 10.2. The third kappa shape index (κ3) is 2.88. The van der Waals surface area contributed by atoms with Gasteiger partial charge in [-0.2, -0.15) is 0 Å². The molecule has 0 bridgehead atoms. The van der Waals surface area contributed by atoms with Crippen LogP contribution in [0.3, 0.4) is 0 Å². The Morgan fingerprint density at radius 2 is 2.06 bits per heavy atom. The number of aryl methyl sites for hydroxylation is 1. The summed E-state index contributed by atoms with van der Waals surface area (Å²) in [6.45, 7) is 1.74. The van der Waals surface area contributed by atoms with E-state index in [1.165, 1.54) is 10.6 Å². The fourth-order valence-electron chi connectivity index (χ4n) is 1.64. The van der Waals surface area contributed by atoms with Gasteiger partial charge in [0.15, 0.2) is 5.56 Å². The van der Waals surface area contributed by atoms with Crippen molar-refractivity contribution in [2.45, 2.75) is 26.3 Å². The van der Waals surface area contributed by atoms with Gasteiger partial charge >= 0.3 is 5.97 Å². The number of carboxylic acids is 1. The number of primary amides is 1. The summed E-state index contributed by atoms with van der Waals surface area (Å²) in [4.78, 5) is 33.3. The first-order valence-corrected chi connectivity index (χ1v) is 5.29. The molecule has 0 saturated heterocycles. The molecule has 1 rings (SSSR count). The highest BCUT2D eigenvalue weighted by Crippen LogP contribution is 2.14. The summed E-state index contributed by atoms with van der Waals surface area (Å²) < 4.78 is 1.20. The number of carbonyl (C=O) groups excluding carboxylic acids is 1. The van der Waals surface area contributed by atoms with Gasteiger partial charge in [0.2, 0.25) is 5.91 Å². The van der Waals surface area contributed by atoms with E-state index in [0.29, 0.717) is 12.1 Å². The van der Waals surface area contributed by atoms with Gasteiger partial charge in [0, 0.05) is 24.7 Å². The average Bonchev–Trinajstić information content (AvgIpc) is 2.21. The number of hydrogen-bond acceptors (Lipinski definition) is 4. The molecule has 0 atom stereocenters. The highest BCUT2D eigenvalue weighted by molar-refractivity contribution is 5.90. The van der Waals surface area contributed by atoms with Crippen molar-refractivity contribution < 1.29 is 19.8 Å². The van der Waals surface area contributed by atoms with E-state index in [4.69, 9.17) is 10.8 Å². The van der Waals surface area contributed by atoms with Crippen molar-refractivity contribution in [2.24, 2.45) is 5.73 Å². The van der Waals surface area contributed by atoms with Gasteiger partial charge in [0.25, 0.3) is 5.56 Å². The molecule has 0 aliphatic rings. The van der Waals surface area contributed by atoms with Crippen LogP contribution in [0.2, 0.25) is 0 Å². The van der Waals surface area contributed by atoms with Crippen LogP contribution in [-0.2, 0) is 11.3 Å². The van der Waals surface area contributed by atoms with Crippen LogP contribution in [0.1, 0.15) is 28.9 Å². The summed E-state index contributed by atoms with van der Waals surface area (Å²) in [5, 5.41) is 18.2. The van der Waals surface area contributed by atoms with Gasteiger partial charge in [-0.05, 0) is 13.3 Å². The molecule has 0 unspecified atom stereocenters. The minimum atomic E-state index is -1.49. The van der Waals surface area contributed by atoms with Crippen molar-refractivity contribution in [2.75, 3.05) is 0 Å². The van der Waals surface area contributed by atoms with E-state index in [9.17, 15) is 19.5 Å². The second-order valence-corrected chi connectivity index (χ2v) is 3.88. The lowest BCUT2D eigenvalue weighted by Crippen LogP contribution is -2.28. The smallest absolute Gasteiger partial charge is 0.345 e. The number of aromatic carboxylic acids is 1. The zero-order chi connectivity index (χ0) is 13.9. The Morgan fingerprint density at radius 3 is 2.56 bits per heavy atom. The van der Waals surface area contributed by atoms with Crippen molar-refractivity contribution in [1.82, 2.24) is 4.57 Å². The SMILES string of the molecule is Cc1cc(O)c(C(=O)O)c(=O)n1CCCC(N)=O. The fraction of sp³-hybridized carbons (Fsp3) is 0.364. The van der Waals surface area contributed by atoms with Gasteiger partial charge in [-0.25, -0.2) is 4.79 Å². The predicted molar refractivity (Wildman–Crippen MR) is 62.5 cm³/mol. The summed E-state index contributed by atoms with van der Waals surface area (Å²) in [5.41, 5.74) is 3.94. The minimum absolute atomic E-state index is 0.106. The molecule has 0 saturated carbocycles. The summed E-state index contributed by atoms with van der Waals surface area (Å²) in [5.74, 6) is -2.53. The molecular weight excluding hydrogens is 240 g/mol. The second-order valence-electron chi connectivity index (χ2n) is 3.88. The number of hydrogen-bond donors (Lipinski definition) is 3. The molecule has 1 aromatic heterocycles. The topological polar surface area (TPSA) is 123 Å². The van der Waals surface area contributed by atoms with Gasteiger partial charge in [-0.3, -0.25) is 9.59 Å². The Bertz CT molecular complexity index is 547. The zero-order valence-electron chi connectivity index (χ0n) is 9.84. The molecule has 18 heavy (non-hydrogen) atoms. The van der Waals surface area contributed by atoms with Crippen molar-refractivity contribution in [3.8, 4) is 5.75 Å². The van der Waals surface area contributed by atoms with Crippen LogP contribution in [-0.4, -0.2) is 26.7 Å². The zero-order valence-corrected chi connectivity index (χ0v) is 9.84. The number of pyridine rings is 1. The molecule has 0 spiro atoms. The van der Waals surface area contributed by atoms with E-state index in [1.54, 1.807) is 6.92 Å². The number of rotatable bonds is 5. The first-order chi connectivity index (χ1) is 8.34. The lowest BCUT2D eigenvalue weighted by molar-refractivity contribution is -0.118. The molecule has 0 aliphatic heterocycles. The van der Waals surface area contributed by atoms with E-state index >= 15 is 0 Å². The number of aromatic hydroxyl groups is 1. The molecule has 4 N–H and O–H groups in total. The van der Waals surface area contributed by atoms with E-state index in [-0.39, 0.29) is 13.0 Å². The van der Waals surface area contributed by atoms with Gasteiger partial charge in [0.1, 0.15) is 5.75 Å². The monoisotopic (exact) mass is 254 g/mol. The molecule has 0 radical (unpaired) electrons. The Hall–Kier alpha value is -2.31. The van der Waals surface area contributed by atoms with Crippen molar-refractivity contribution in [3.05, 3.63) is 27.7 Å². The quantitative estimate of drug-likeness (QED) is 0.673. The Balaban J connectivity index is 3.12. The van der Waals surface area contributed by atoms with Crippen molar-refractivity contribution in [1.29, 1.82) is 0 Å². The molecular formula is C11H14N2O5. The predicted octanol–water partition coefficient (Wildman–Crippen LogP) is -0.174. The minimum Gasteiger partial charge on any atom is -0.507 e. The molecule has 1 heterocycles. The third-order valence-electron chi connectivity index (χ3n) is 2.51. The van der Waals surface area contributed by atoms with E-state index in [2.05, 4.69) is 0 Å². The normalized spacial score (nSPS) is 10.3. The summed E-state index contributed by atoms with van der Waals surface area (Å²) in [6.07, 6.45) is 0.440. The highest BCUT2D eigenvalue weighted by Gasteiger charge is 2.18. The largest absolute Gasteiger partial charge is 0.507 e. The van der Waals surface area contributed by atoms with Gasteiger partial charge < -0.3 is 20.5 Å². The number of carbonyl (C=O) groups is 2. The first-order valence-electron chi connectivity index (χ1n) is 5.29. The van der Waals surface area contributed by atoms with Crippen LogP contribution in [0.4, 0.5) is 0 Å². The number of carboxylic acid groups (broad SMARTS) is 1.